The van der Waals surface area contributed by atoms with Crippen molar-refractivity contribution in [3.8, 4) is 0 Å². The second kappa shape index (κ2) is 5.54. The summed E-state index contributed by atoms with van der Waals surface area (Å²) in [4.78, 5) is 3.92. The molecule has 0 fully saturated rings. The Bertz CT molecular complexity index is 459. The summed E-state index contributed by atoms with van der Waals surface area (Å²) in [5.41, 5.74) is 0.927. The topological polar surface area (TPSA) is 51.0 Å². The SMILES string of the molecule is CCC(NCc1ncon1)c1cccc(F)c1. The second-order valence-electron chi connectivity index (χ2n) is 3.74. The normalized spacial score (nSPS) is 12.6. The number of halogens is 1. The van der Waals surface area contributed by atoms with E-state index in [0.29, 0.717) is 12.4 Å². The minimum Gasteiger partial charge on any atom is -0.343 e. The Morgan fingerprint density at radius 1 is 1.47 bits per heavy atom. The van der Waals surface area contributed by atoms with Crippen LogP contribution < -0.4 is 5.32 Å². The fourth-order valence-corrected chi connectivity index (χ4v) is 1.71. The van der Waals surface area contributed by atoms with Gasteiger partial charge in [-0.25, -0.2) is 4.39 Å². The molecule has 0 aliphatic rings. The number of hydrogen-bond acceptors (Lipinski definition) is 4. The van der Waals surface area contributed by atoms with Crippen molar-refractivity contribution >= 4 is 0 Å². The van der Waals surface area contributed by atoms with Gasteiger partial charge in [-0.1, -0.05) is 24.2 Å². The van der Waals surface area contributed by atoms with Crippen LogP contribution in [0.1, 0.15) is 30.8 Å². The molecule has 0 spiro atoms. The van der Waals surface area contributed by atoms with Gasteiger partial charge in [-0.05, 0) is 24.1 Å². The Kier molecular flexibility index (Phi) is 3.82. The third-order valence-electron chi connectivity index (χ3n) is 2.57. The van der Waals surface area contributed by atoms with Gasteiger partial charge in [-0.2, -0.15) is 4.98 Å². The Labute approximate surface area is 98.8 Å². The molecule has 1 unspecified atom stereocenters. The van der Waals surface area contributed by atoms with Crippen molar-refractivity contribution in [2.75, 3.05) is 0 Å². The van der Waals surface area contributed by atoms with Gasteiger partial charge < -0.3 is 9.84 Å². The molecule has 5 heteroatoms. The highest BCUT2D eigenvalue weighted by molar-refractivity contribution is 5.20. The molecule has 1 aromatic heterocycles. The molecule has 1 N–H and O–H groups in total. The van der Waals surface area contributed by atoms with Crippen LogP contribution in [0.2, 0.25) is 0 Å². The van der Waals surface area contributed by atoms with Gasteiger partial charge >= 0.3 is 0 Å². The predicted octanol–water partition coefficient (Wildman–Crippen LogP) is 2.45. The Morgan fingerprint density at radius 3 is 3.00 bits per heavy atom. The Balaban J connectivity index is 2.01. The van der Waals surface area contributed by atoms with Crippen LogP contribution >= 0.6 is 0 Å². The van der Waals surface area contributed by atoms with Crippen molar-refractivity contribution in [1.82, 2.24) is 15.5 Å². The molecule has 1 aromatic carbocycles. The fraction of sp³-hybridized carbons (Fsp3) is 0.333. The van der Waals surface area contributed by atoms with Crippen molar-refractivity contribution in [3.63, 3.8) is 0 Å². The lowest BCUT2D eigenvalue weighted by atomic mass is 10.0. The van der Waals surface area contributed by atoms with Crippen molar-refractivity contribution in [2.24, 2.45) is 0 Å². The minimum atomic E-state index is -0.220. The number of nitrogens with one attached hydrogen (secondary N) is 1. The first-order chi connectivity index (χ1) is 8.29. The highest BCUT2D eigenvalue weighted by atomic mass is 19.1. The van der Waals surface area contributed by atoms with E-state index in [-0.39, 0.29) is 11.9 Å². The van der Waals surface area contributed by atoms with E-state index >= 15 is 0 Å². The highest BCUT2D eigenvalue weighted by Gasteiger charge is 2.10. The van der Waals surface area contributed by atoms with Gasteiger partial charge in [0.2, 0.25) is 6.39 Å². The average molecular weight is 235 g/mol. The first kappa shape index (κ1) is 11.7. The highest BCUT2D eigenvalue weighted by Crippen LogP contribution is 2.17. The van der Waals surface area contributed by atoms with E-state index in [2.05, 4.69) is 20.0 Å². The minimum absolute atomic E-state index is 0.0872. The molecule has 0 saturated carbocycles. The summed E-state index contributed by atoms with van der Waals surface area (Å²) >= 11 is 0. The van der Waals surface area contributed by atoms with Crippen molar-refractivity contribution in [3.05, 3.63) is 47.9 Å². The van der Waals surface area contributed by atoms with Crippen LogP contribution in [0.15, 0.2) is 35.2 Å². The van der Waals surface area contributed by atoms with Crippen molar-refractivity contribution in [2.45, 2.75) is 25.9 Å². The summed E-state index contributed by atoms with van der Waals surface area (Å²) < 4.78 is 17.8. The first-order valence-electron chi connectivity index (χ1n) is 5.53. The zero-order chi connectivity index (χ0) is 12.1. The van der Waals surface area contributed by atoms with Gasteiger partial charge in [0.25, 0.3) is 0 Å². The van der Waals surface area contributed by atoms with E-state index in [1.807, 2.05) is 13.0 Å². The van der Waals surface area contributed by atoms with Crippen LogP contribution in [0.4, 0.5) is 4.39 Å². The van der Waals surface area contributed by atoms with Gasteiger partial charge in [0.05, 0.1) is 6.54 Å². The van der Waals surface area contributed by atoms with Crippen molar-refractivity contribution < 1.29 is 8.91 Å². The number of aromatic nitrogens is 2. The molecule has 4 nitrogen and oxygen atoms in total. The first-order valence-corrected chi connectivity index (χ1v) is 5.53. The van der Waals surface area contributed by atoms with E-state index in [1.165, 1.54) is 18.5 Å². The van der Waals surface area contributed by atoms with E-state index in [0.717, 1.165) is 12.0 Å². The molecule has 2 aromatic rings. The third kappa shape index (κ3) is 3.10. The van der Waals surface area contributed by atoms with Gasteiger partial charge in [0.1, 0.15) is 5.82 Å². The summed E-state index contributed by atoms with van der Waals surface area (Å²) in [6.07, 6.45) is 2.15. The molecule has 90 valence electrons. The van der Waals surface area contributed by atoms with Gasteiger partial charge in [0, 0.05) is 6.04 Å². The zero-order valence-electron chi connectivity index (χ0n) is 9.56. The molecule has 0 aliphatic carbocycles. The van der Waals surface area contributed by atoms with Gasteiger partial charge in [-0.3, -0.25) is 0 Å². The number of hydrogen-bond donors (Lipinski definition) is 1. The number of nitrogens with zero attached hydrogens (tertiary/aromatic N) is 2. The maximum absolute atomic E-state index is 13.1. The monoisotopic (exact) mass is 235 g/mol. The van der Waals surface area contributed by atoms with Crippen LogP contribution in [-0.4, -0.2) is 10.1 Å². The Hall–Kier alpha value is -1.75. The summed E-state index contributed by atoms with van der Waals surface area (Å²) in [5, 5.41) is 6.97. The predicted molar refractivity (Wildman–Crippen MR) is 60.6 cm³/mol. The molecule has 0 aliphatic heterocycles. The number of rotatable bonds is 5. The fourth-order valence-electron chi connectivity index (χ4n) is 1.71. The van der Waals surface area contributed by atoms with Gasteiger partial charge in [-0.15, -0.1) is 0 Å². The van der Waals surface area contributed by atoms with Crippen molar-refractivity contribution in [1.29, 1.82) is 0 Å². The maximum Gasteiger partial charge on any atom is 0.213 e. The van der Waals surface area contributed by atoms with E-state index in [1.54, 1.807) is 6.07 Å². The molecular weight excluding hydrogens is 221 g/mol. The summed E-state index contributed by atoms with van der Waals surface area (Å²) in [7, 11) is 0. The summed E-state index contributed by atoms with van der Waals surface area (Å²) in [6.45, 7) is 2.55. The van der Waals surface area contributed by atoms with Crippen LogP contribution in [0.3, 0.4) is 0 Å². The summed E-state index contributed by atoms with van der Waals surface area (Å²) in [6, 6.07) is 6.68. The summed E-state index contributed by atoms with van der Waals surface area (Å²) in [5.74, 6) is 0.377. The van der Waals surface area contributed by atoms with Crippen LogP contribution in [0, 0.1) is 5.82 Å². The molecule has 1 heterocycles. The maximum atomic E-state index is 13.1. The van der Waals surface area contributed by atoms with E-state index < -0.39 is 0 Å². The lowest BCUT2D eigenvalue weighted by Gasteiger charge is -2.16. The second-order valence-corrected chi connectivity index (χ2v) is 3.74. The number of benzene rings is 1. The Morgan fingerprint density at radius 2 is 2.35 bits per heavy atom. The zero-order valence-corrected chi connectivity index (χ0v) is 9.56. The molecule has 0 bridgehead atoms. The molecule has 1 atom stereocenters. The lowest BCUT2D eigenvalue weighted by molar-refractivity contribution is 0.403. The smallest absolute Gasteiger partial charge is 0.213 e. The largest absolute Gasteiger partial charge is 0.343 e. The van der Waals surface area contributed by atoms with Crippen LogP contribution in [-0.2, 0) is 6.54 Å². The van der Waals surface area contributed by atoms with Crippen LogP contribution in [0.5, 0.6) is 0 Å². The molecule has 0 saturated heterocycles. The molecular formula is C12H14FN3O. The van der Waals surface area contributed by atoms with Crippen LogP contribution in [0.25, 0.3) is 0 Å². The molecule has 17 heavy (non-hydrogen) atoms. The lowest BCUT2D eigenvalue weighted by Crippen LogP contribution is -2.21. The van der Waals surface area contributed by atoms with E-state index in [9.17, 15) is 4.39 Å². The standard InChI is InChI=1S/C12H14FN3O/c1-2-11(9-4-3-5-10(13)6-9)14-7-12-15-8-17-16-12/h3-6,8,11,14H,2,7H2,1H3. The molecule has 0 amide bonds. The molecule has 2 rings (SSSR count). The van der Waals surface area contributed by atoms with E-state index in [4.69, 9.17) is 0 Å². The quantitative estimate of drug-likeness (QED) is 0.864. The average Bonchev–Trinajstić information content (AvgIpc) is 2.83. The third-order valence-corrected chi connectivity index (χ3v) is 2.57. The van der Waals surface area contributed by atoms with Gasteiger partial charge in [0.15, 0.2) is 5.82 Å². The molecule has 0 radical (unpaired) electrons.